The van der Waals surface area contributed by atoms with Crippen LogP contribution < -0.4 is 0 Å². The van der Waals surface area contributed by atoms with Gasteiger partial charge < -0.3 is 4.57 Å². The summed E-state index contributed by atoms with van der Waals surface area (Å²) in [4.78, 5) is 12.1. The minimum absolute atomic E-state index is 0.872. The molecule has 10 nitrogen and oxygen atoms in total. The van der Waals surface area contributed by atoms with Crippen LogP contribution in [0.15, 0.2) is 189 Å². The Kier molecular flexibility index (Phi) is 11.3. The molecule has 0 spiro atoms. The first kappa shape index (κ1) is 37.9. The number of pyridine rings is 3. The summed E-state index contributed by atoms with van der Waals surface area (Å²) >= 11 is 2.51. The zero-order chi connectivity index (χ0) is 40.5. The van der Waals surface area contributed by atoms with Gasteiger partial charge in [-0.25, -0.2) is 0 Å². The van der Waals surface area contributed by atoms with Crippen molar-refractivity contribution in [1.82, 2.24) is 47.2 Å². The molecule has 60 heavy (non-hydrogen) atoms. The molecule has 0 amide bonds. The van der Waals surface area contributed by atoms with Gasteiger partial charge in [-0.15, -0.1) is 10.2 Å². The van der Waals surface area contributed by atoms with Gasteiger partial charge in [0, 0.05) is 60.9 Å². The molecule has 0 radical (unpaired) electrons. The third-order valence-electron chi connectivity index (χ3n) is 9.86. The average molecular weight is 815 g/mol. The fraction of sp³-hybridized carbons (Fsp3) is 0.0208. The second kappa shape index (κ2) is 17.9. The maximum absolute atomic E-state index is 4.40. The van der Waals surface area contributed by atoms with Crippen LogP contribution in [0, 0.1) is 0 Å². The Hall–Kier alpha value is -7.67. The Morgan fingerprint density at radius 3 is 1.08 bits per heavy atom. The largest absolute Gasteiger partial charge is 0.317 e. The molecule has 0 aliphatic rings. The van der Waals surface area contributed by atoms with Crippen LogP contribution in [-0.4, -0.2) is 47.2 Å². The zero-order valence-corrected chi connectivity index (χ0v) is 33.8. The molecule has 0 atom stereocenters. The van der Waals surface area contributed by atoms with Gasteiger partial charge in [-0.2, -0.15) is 17.5 Å². The number of hydrogen-bond donors (Lipinski definition) is 0. The van der Waals surface area contributed by atoms with Gasteiger partial charge in [-0.05, 0) is 93.0 Å². The molecule has 0 aliphatic heterocycles. The van der Waals surface area contributed by atoms with Gasteiger partial charge in [0.15, 0.2) is 5.82 Å². The van der Waals surface area contributed by atoms with Crippen LogP contribution in [0.2, 0.25) is 0 Å². The summed E-state index contributed by atoms with van der Waals surface area (Å²) < 4.78 is 19.3. The average Bonchev–Trinajstić information content (AvgIpc) is 4.12. The first-order chi connectivity index (χ1) is 29.7. The highest BCUT2D eigenvalue weighted by atomic mass is 32.1. The topological polar surface area (TPSA) is 121 Å². The highest BCUT2D eigenvalue weighted by molar-refractivity contribution is 7.00. The fourth-order valence-electron chi connectivity index (χ4n) is 6.75. The first-order valence-corrected chi connectivity index (χ1v) is 20.4. The highest BCUT2D eigenvalue weighted by Crippen LogP contribution is 2.31. The third kappa shape index (κ3) is 8.46. The highest BCUT2D eigenvalue weighted by Gasteiger charge is 2.09. The van der Waals surface area contributed by atoms with Crippen molar-refractivity contribution in [3.63, 3.8) is 0 Å². The summed E-state index contributed by atoms with van der Waals surface area (Å²) in [5, 5.41) is 7.97. The molecular formula is C48H34N10S2. The van der Waals surface area contributed by atoms with Gasteiger partial charge >= 0.3 is 0 Å². The monoisotopic (exact) mass is 814 g/mol. The minimum Gasteiger partial charge on any atom is -0.317 e. The summed E-state index contributed by atoms with van der Waals surface area (Å²) in [5.41, 5.74) is 16.5. The Bertz CT molecular complexity index is 2920. The molecule has 6 aromatic heterocycles. The smallest absolute Gasteiger partial charge is 0.163 e. The molecule has 0 saturated carbocycles. The molecule has 0 fully saturated rings. The molecule has 0 N–H and O–H groups in total. The van der Waals surface area contributed by atoms with E-state index in [-0.39, 0.29) is 0 Å². The van der Waals surface area contributed by atoms with Crippen molar-refractivity contribution in [2.75, 3.05) is 0 Å². The van der Waals surface area contributed by atoms with E-state index in [0.717, 1.165) is 61.3 Å². The van der Waals surface area contributed by atoms with Crippen molar-refractivity contribution in [2.45, 2.75) is 0 Å². The lowest BCUT2D eigenvalue weighted by Crippen LogP contribution is -1.90. The van der Waals surface area contributed by atoms with Gasteiger partial charge in [0.2, 0.25) is 0 Å². The lowest BCUT2D eigenvalue weighted by molar-refractivity contribution is 0.920. The van der Waals surface area contributed by atoms with E-state index in [0.29, 0.717) is 0 Å². The van der Waals surface area contributed by atoms with Crippen LogP contribution in [0.25, 0.3) is 89.1 Å². The molecule has 0 bridgehead atoms. The first-order valence-electron chi connectivity index (χ1n) is 19.0. The summed E-state index contributed by atoms with van der Waals surface area (Å²) in [6.07, 6.45) is 12.5. The molecule has 11 rings (SSSR count). The molecule has 5 aromatic carbocycles. The second-order valence-corrected chi connectivity index (χ2v) is 14.6. The SMILES string of the molecule is Cn1cnnc1-c1ccc(-c2ccncc2)cc1.c1cc(-c2ccc(-c3ccncc3)cc2)c2nsnc2c1.c1cc(-c2ccc(-c3ccncc3)cc2)c2nsnc2c1. The van der Waals surface area contributed by atoms with E-state index in [1.807, 2.05) is 97.1 Å². The summed E-state index contributed by atoms with van der Waals surface area (Å²) in [5.74, 6) is 0.872. The molecular weight excluding hydrogens is 781 g/mol. The normalized spacial score (nSPS) is 10.8. The van der Waals surface area contributed by atoms with E-state index in [2.05, 4.69) is 128 Å². The molecule has 288 valence electrons. The maximum atomic E-state index is 4.40. The van der Waals surface area contributed by atoms with Crippen molar-refractivity contribution < 1.29 is 0 Å². The van der Waals surface area contributed by atoms with E-state index in [1.54, 1.807) is 18.7 Å². The molecule has 11 aromatic rings. The number of rotatable bonds is 6. The summed E-state index contributed by atoms with van der Waals surface area (Å²) in [6.45, 7) is 0. The number of aryl methyl sites for hydroxylation is 1. The Balaban J connectivity index is 0.000000116. The number of fused-ring (bicyclic) bond motifs is 2. The van der Waals surface area contributed by atoms with Crippen LogP contribution in [0.4, 0.5) is 0 Å². The summed E-state index contributed by atoms with van der Waals surface area (Å²) in [6, 6.07) is 49.6. The van der Waals surface area contributed by atoms with Gasteiger partial charge in [-0.1, -0.05) is 97.1 Å². The van der Waals surface area contributed by atoms with Crippen LogP contribution in [0.1, 0.15) is 0 Å². The van der Waals surface area contributed by atoms with E-state index in [1.165, 1.54) is 51.3 Å². The van der Waals surface area contributed by atoms with Crippen molar-refractivity contribution in [1.29, 1.82) is 0 Å². The van der Waals surface area contributed by atoms with Crippen molar-refractivity contribution in [2.24, 2.45) is 7.05 Å². The second-order valence-electron chi connectivity index (χ2n) is 13.6. The maximum Gasteiger partial charge on any atom is 0.163 e. The quantitative estimate of drug-likeness (QED) is 0.161. The fourth-order valence-corrected chi connectivity index (χ4v) is 7.85. The number of aromatic nitrogens is 10. The van der Waals surface area contributed by atoms with Crippen LogP contribution in [-0.2, 0) is 7.05 Å². The van der Waals surface area contributed by atoms with Crippen molar-refractivity contribution >= 4 is 45.5 Å². The number of nitrogens with zero attached hydrogens (tertiary/aromatic N) is 10. The lowest BCUT2D eigenvalue weighted by Gasteiger charge is -2.05. The van der Waals surface area contributed by atoms with Crippen molar-refractivity contribution in [3.05, 3.63) is 189 Å². The zero-order valence-electron chi connectivity index (χ0n) is 32.2. The van der Waals surface area contributed by atoms with E-state index >= 15 is 0 Å². The van der Waals surface area contributed by atoms with Crippen LogP contribution in [0.3, 0.4) is 0 Å². The van der Waals surface area contributed by atoms with Crippen LogP contribution >= 0.6 is 23.5 Å². The van der Waals surface area contributed by atoms with Crippen LogP contribution in [0.5, 0.6) is 0 Å². The van der Waals surface area contributed by atoms with E-state index in [9.17, 15) is 0 Å². The van der Waals surface area contributed by atoms with Gasteiger partial charge in [-0.3, -0.25) is 15.0 Å². The van der Waals surface area contributed by atoms with Crippen molar-refractivity contribution in [3.8, 4) is 67.0 Å². The third-order valence-corrected chi connectivity index (χ3v) is 10.9. The predicted molar refractivity (Wildman–Crippen MR) is 242 cm³/mol. The number of benzene rings is 5. The predicted octanol–water partition coefficient (Wildman–Crippen LogP) is 11.4. The van der Waals surface area contributed by atoms with Gasteiger partial charge in [0.1, 0.15) is 28.4 Å². The standard InChI is InChI=1S/2C17H11N3S.C14H12N4/c2*1-2-15(17-16(3-1)19-21-20-17)14-6-4-12(5-7-14)13-8-10-18-11-9-13;1-18-10-16-17-14(18)13-4-2-11(3-5-13)12-6-8-15-9-7-12/h2*1-11H;2-10H,1H3. The Labute approximate surface area is 354 Å². The van der Waals surface area contributed by atoms with E-state index < -0.39 is 0 Å². The van der Waals surface area contributed by atoms with Gasteiger partial charge in [0.05, 0.1) is 23.5 Å². The molecule has 12 heteroatoms. The molecule has 0 unspecified atom stereocenters. The minimum atomic E-state index is 0.872. The van der Waals surface area contributed by atoms with Gasteiger partial charge in [0.25, 0.3) is 0 Å². The Morgan fingerprint density at radius 1 is 0.367 bits per heavy atom. The Morgan fingerprint density at radius 2 is 0.717 bits per heavy atom. The lowest BCUT2D eigenvalue weighted by atomic mass is 10.00. The number of hydrogen-bond acceptors (Lipinski definition) is 11. The van der Waals surface area contributed by atoms with E-state index in [4.69, 9.17) is 0 Å². The molecule has 0 saturated heterocycles. The summed E-state index contributed by atoms with van der Waals surface area (Å²) in [7, 11) is 1.94. The molecule has 6 heterocycles. The molecule has 0 aliphatic carbocycles.